The van der Waals surface area contributed by atoms with E-state index in [0.717, 1.165) is 31.2 Å². The Hall–Kier alpha value is -1.53. The molecule has 3 aromatic rings. The van der Waals surface area contributed by atoms with Crippen LogP contribution in [0.4, 0.5) is 0 Å². The Morgan fingerprint density at radius 3 is 2.79 bits per heavy atom. The van der Waals surface area contributed by atoms with Crippen LogP contribution >= 0.6 is 22.7 Å². The van der Waals surface area contributed by atoms with Crippen molar-refractivity contribution in [3.8, 4) is 10.6 Å². The van der Waals surface area contributed by atoms with Gasteiger partial charge in [-0.25, -0.2) is 4.98 Å². The molecule has 5 heteroatoms. The standard InChI is InChI=1S/C19H21N3S2/c1-21-8-9-22(18(12-21)15-5-3-2-4-6-15)11-17-14-24-19(20-17)16-7-10-23-13-16/h2-7,10,13-14,18H,8-9,11-12H2,1H3. The highest BCUT2D eigenvalue weighted by atomic mass is 32.1. The molecule has 0 radical (unpaired) electrons. The summed E-state index contributed by atoms with van der Waals surface area (Å²) in [4.78, 5) is 9.86. The second-order valence-electron chi connectivity index (χ2n) is 6.32. The smallest absolute Gasteiger partial charge is 0.124 e. The fourth-order valence-corrected chi connectivity index (χ4v) is 4.77. The van der Waals surface area contributed by atoms with Gasteiger partial charge in [-0.1, -0.05) is 30.3 Å². The number of piperazine rings is 1. The first-order valence-electron chi connectivity index (χ1n) is 8.24. The third-order valence-corrected chi connectivity index (χ3v) is 6.19. The van der Waals surface area contributed by atoms with Crippen molar-refractivity contribution in [3.05, 3.63) is 63.8 Å². The van der Waals surface area contributed by atoms with Crippen LogP contribution in [-0.2, 0) is 6.54 Å². The predicted molar refractivity (Wildman–Crippen MR) is 103 cm³/mol. The summed E-state index contributed by atoms with van der Waals surface area (Å²) in [6.45, 7) is 4.20. The van der Waals surface area contributed by atoms with Crippen LogP contribution < -0.4 is 0 Å². The van der Waals surface area contributed by atoms with Gasteiger partial charge in [-0.15, -0.1) is 11.3 Å². The fraction of sp³-hybridized carbons (Fsp3) is 0.316. The highest BCUT2D eigenvalue weighted by molar-refractivity contribution is 7.14. The van der Waals surface area contributed by atoms with Crippen LogP contribution in [0.25, 0.3) is 10.6 Å². The third kappa shape index (κ3) is 3.44. The van der Waals surface area contributed by atoms with Gasteiger partial charge in [0.05, 0.1) is 5.69 Å². The highest BCUT2D eigenvalue weighted by Crippen LogP contribution is 2.29. The van der Waals surface area contributed by atoms with Crippen LogP contribution in [0.2, 0.25) is 0 Å². The normalized spacial score (nSPS) is 19.6. The molecule has 0 saturated carbocycles. The molecule has 1 saturated heterocycles. The van der Waals surface area contributed by atoms with Crippen LogP contribution in [-0.4, -0.2) is 41.5 Å². The van der Waals surface area contributed by atoms with E-state index in [4.69, 9.17) is 4.98 Å². The molecule has 1 aromatic carbocycles. The van der Waals surface area contributed by atoms with E-state index in [-0.39, 0.29) is 0 Å². The van der Waals surface area contributed by atoms with Gasteiger partial charge < -0.3 is 4.90 Å². The summed E-state index contributed by atoms with van der Waals surface area (Å²) < 4.78 is 0. The van der Waals surface area contributed by atoms with Gasteiger partial charge in [-0.3, -0.25) is 4.90 Å². The molecular weight excluding hydrogens is 334 g/mol. The van der Waals surface area contributed by atoms with Gasteiger partial charge in [-0.2, -0.15) is 11.3 Å². The second kappa shape index (κ2) is 7.15. The van der Waals surface area contributed by atoms with E-state index in [1.807, 2.05) is 0 Å². The van der Waals surface area contributed by atoms with Gasteiger partial charge in [-0.05, 0) is 24.1 Å². The first-order chi connectivity index (χ1) is 11.8. The number of hydrogen-bond acceptors (Lipinski definition) is 5. The Kier molecular flexibility index (Phi) is 4.76. The Morgan fingerprint density at radius 1 is 1.12 bits per heavy atom. The molecule has 1 fully saturated rings. The monoisotopic (exact) mass is 355 g/mol. The van der Waals surface area contributed by atoms with Crippen molar-refractivity contribution in [3.63, 3.8) is 0 Å². The summed E-state index contributed by atoms with van der Waals surface area (Å²) in [5, 5.41) is 7.64. The van der Waals surface area contributed by atoms with Gasteiger partial charge in [0.1, 0.15) is 5.01 Å². The van der Waals surface area contributed by atoms with E-state index in [0.29, 0.717) is 6.04 Å². The Labute approximate surface area is 151 Å². The molecule has 3 heterocycles. The van der Waals surface area contributed by atoms with Gasteiger partial charge >= 0.3 is 0 Å². The zero-order chi connectivity index (χ0) is 16.4. The number of hydrogen-bond donors (Lipinski definition) is 0. The molecule has 0 N–H and O–H groups in total. The molecule has 1 aliphatic rings. The summed E-state index contributed by atoms with van der Waals surface area (Å²) in [6.07, 6.45) is 0. The number of thiazole rings is 1. The van der Waals surface area contributed by atoms with Crippen molar-refractivity contribution in [1.82, 2.24) is 14.8 Å². The van der Waals surface area contributed by atoms with Gasteiger partial charge in [0.15, 0.2) is 0 Å². The highest BCUT2D eigenvalue weighted by Gasteiger charge is 2.27. The number of likely N-dealkylation sites (N-methyl/N-ethyl adjacent to an activating group) is 1. The number of aromatic nitrogens is 1. The maximum absolute atomic E-state index is 4.86. The first kappa shape index (κ1) is 16.0. The third-order valence-electron chi connectivity index (χ3n) is 4.56. The lowest BCUT2D eigenvalue weighted by atomic mass is 10.0. The predicted octanol–water partition coefficient (Wildman–Crippen LogP) is 4.36. The maximum Gasteiger partial charge on any atom is 0.124 e. The zero-order valence-electron chi connectivity index (χ0n) is 13.8. The van der Waals surface area contributed by atoms with Gasteiger partial charge in [0.25, 0.3) is 0 Å². The number of benzene rings is 1. The lowest BCUT2D eigenvalue weighted by molar-refractivity contribution is 0.0824. The molecule has 124 valence electrons. The minimum atomic E-state index is 0.441. The number of nitrogens with zero attached hydrogens (tertiary/aromatic N) is 3. The van der Waals surface area contributed by atoms with E-state index < -0.39 is 0 Å². The first-order valence-corrected chi connectivity index (χ1v) is 10.1. The topological polar surface area (TPSA) is 19.4 Å². The number of thiophene rings is 1. The molecule has 4 rings (SSSR count). The minimum absolute atomic E-state index is 0.441. The summed E-state index contributed by atoms with van der Waals surface area (Å²) in [6, 6.07) is 13.4. The van der Waals surface area contributed by atoms with Gasteiger partial charge in [0, 0.05) is 48.5 Å². The van der Waals surface area contributed by atoms with Crippen LogP contribution in [0.3, 0.4) is 0 Å². The minimum Gasteiger partial charge on any atom is -0.303 e. The van der Waals surface area contributed by atoms with Crippen LogP contribution in [0.15, 0.2) is 52.5 Å². The molecule has 24 heavy (non-hydrogen) atoms. The Bertz CT molecular complexity index is 767. The molecule has 1 atom stereocenters. The summed E-state index contributed by atoms with van der Waals surface area (Å²) in [7, 11) is 2.21. The summed E-state index contributed by atoms with van der Waals surface area (Å²) >= 11 is 3.48. The van der Waals surface area contributed by atoms with E-state index in [1.165, 1.54) is 16.8 Å². The summed E-state index contributed by atoms with van der Waals surface area (Å²) in [5.74, 6) is 0. The molecule has 1 unspecified atom stereocenters. The number of rotatable bonds is 4. The Balaban J connectivity index is 1.53. The van der Waals surface area contributed by atoms with Crippen molar-refractivity contribution >= 4 is 22.7 Å². The van der Waals surface area contributed by atoms with Crippen molar-refractivity contribution in [2.24, 2.45) is 0 Å². The van der Waals surface area contributed by atoms with E-state index in [1.54, 1.807) is 22.7 Å². The van der Waals surface area contributed by atoms with Crippen molar-refractivity contribution in [1.29, 1.82) is 0 Å². The zero-order valence-corrected chi connectivity index (χ0v) is 15.4. The largest absolute Gasteiger partial charge is 0.303 e. The van der Waals surface area contributed by atoms with Crippen LogP contribution in [0, 0.1) is 0 Å². The van der Waals surface area contributed by atoms with Crippen molar-refractivity contribution in [2.75, 3.05) is 26.7 Å². The fourth-order valence-electron chi connectivity index (χ4n) is 3.24. The van der Waals surface area contributed by atoms with Crippen molar-refractivity contribution < 1.29 is 0 Å². The molecule has 0 aliphatic carbocycles. The van der Waals surface area contributed by atoms with Crippen LogP contribution in [0.5, 0.6) is 0 Å². The molecular formula is C19H21N3S2. The molecule has 1 aliphatic heterocycles. The van der Waals surface area contributed by atoms with Crippen molar-refractivity contribution in [2.45, 2.75) is 12.6 Å². The average molecular weight is 356 g/mol. The molecule has 3 nitrogen and oxygen atoms in total. The molecule has 2 aromatic heterocycles. The molecule has 0 bridgehead atoms. The molecule has 0 amide bonds. The lowest BCUT2D eigenvalue weighted by Crippen LogP contribution is -2.46. The second-order valence-corrected chi connectivity index (χ2v) is 7.95. The SMILES string of the molecule is CN1CCN(Cc2csc(-c3ccsc3)n2)C(c2ccccc2)C1. The maximum atomic E-state index is 4.86. The Morgan fingerprint density at radius 2 is 2.00 bits per heavy atom. The average Bonchev–Trinajstić information content (AvgIpc) is 3.28. The molecule has 0 spiro atoms. The van der Waals surface area contributed by atoms with Crippen LogP contribution in [0.1, 0.15) is 17.3 Å². The lowest BCUT2D eigenvalue weighted by Gasteiger charge is -2.40. The quantitative estimate of drug-likeness (QED) is 0.693. The van der Waals surface area contributed by atoms with E-state index in [2.05, 4.69) is 69.4 Å². The van der Waals surface area contributed by atoms with Gasteiger partial charge in [0.2, 0.25) is 0 Å². The summed E-state index contributed by atoms with van der Waals surface area (Å²) in [5.41, 5.74) is 3.83. The van der Waals surface area contributed by atoms with E-state index >= 15 is 0 Å². The van der Waals surface area contributed by atoms with E-state index in [9.17, 15) is 0 Å².